The number of likely N-dealkylation sites (tertiary alicyclic amines) is 1. The maximum Gasteiger partial charge on any atom is 0.317 e. The SMILES string of the molecule is O=C(NC1CCOCC1)N1CCC(n2nc(-c3ccccc3)ccc2=O)CC1. The number of nitrogens with one attached hydrogen (secondary N) is 1. The molecule has 4 rings (SSSR count). The van der Waals surface area contributed by atoms with Crippen molar-refractivity contribution in [2.45, 2.75) is 37.8 Å². The zero-order chi connectivity index (χ0) is 19.3. The second kappa shape index (κ2) is 8.56. The standard InChI is InChI=1S/C21H26N4O3/c26-20-7-6-19(16-4-2-1-3-5-16)23-25(20)18-8-12-24(13-9-18)21(27)22-17-10-14-28-15-11-17/h1-7,17-18H,8-15H2,(H,22,27). The van der Waals surface area contributed by atoms with E-state index in [4.69, 9.17) is 4.74 Å². The molecule has 2 aromatic rings. The number of carbonyl (C=O) groups excluding carboxylic acids is 1. The van der Waals surface area contributed by atoms with Gasteiger partial charge in [-0.2, -0.15) is 5.10 Å². The average Bonchev–Trinajstić information content (AvgIpc) is 2.75. The van der Waals surface area contributed by atoms with Crippen LogP contribution in [0.3, 0.4) is 0 Å². The normalized spacial score (nSPS) is 18.8. The topological polar surface area (TPSA) is 76.5 Å². The third kappa shape index (κ3) is 4.25. The van der Waals surface area contributed by atoms with E-state index in [1.165, 1.54) is 0 Å². The van der Waals surface area contributed by atoms with Crippen LogP contribution in [0.15, 0.2) is 47.3 Å². The van der Waals surface area contributed by atoms with Gasteiger partial charge in [-0.15, -0.1) is 0 Å². The number of amides is 2. The number of nitrogens with zero attached hydrogens (tertiary/aromatic N) is 3. The van der Waals surface area contributed by atoms with E-state index in [-0.39, 0.29) is 23.7 Å². The molecule has 0 aliphatic carbocycles. The Hall–Kier alpha value is -2.67. The summed E-state index contributed by atoms with van der Waals surface area (Å²) < 4.78 is 6.93. The molecule has 2 aliphatic heterocycles. The van der Waals surface area contributed by atoms with Gasteiger partial charge in [-0.25, -0.2) is 9.48 Å². The van der Waals surface area contributed by atoms with Crippen LogP contribution in [0.25, 0.3) is 11.3 Å². The Morgan fingerprint density at radius 3 is 2.43 bits per heavy atom. The Morgan fingerprint density at radius 1 is 1.00 bits per heavy atom. The molecule has 0 atom stereocenters. The van der Waals surface area contributed by atoms with E-state index in [0.29, 0.717) is 26.3 Å². The fraction of sp³-hybridized carbons (Fsp3) is 0.476. The zero-order valence-corrected chi connectivity index (χ0v) is 15.9. The third-order valence-electron chi connectivity index (χ3n) is 5.54. The van der Waals surface area contributed by atoms with Crippen LogP contribution >= 0.6 is 0 Å². The second-order valence-corrected chi connectivity index (χ2v) is 7.42. The summed E-state index contributed by atoms with van der Waals surface area (Å²) in [6, 6.07) is 13.4. The summed E-state index contributed by atoms with van der Waals surface area (Å²) in [7, 11) is 0. The van der Waals surface area contributed by atoms with Crippen LogP contribution in [0.4, 0.5) is 4.79 Å². The molecule has 2 fully saturated rings. The van der Waals surface area contributed by atoms with Gasteiger partial charge in [0.05, 0.1) is 11.7 Å². The molecule has 0 unspecified atom stereocenters. The van der Waals surface area contributed by atoms with Gasteiger partial charge in [0, 0.05) is 44.0 Å². The van der Waals surface area contributed by atoms with E-state index in [1.54, 1.807) is 16.8 Å². The fourth-order valence-corrected chi connectivity index (χ4v) is 3.87. The van der Waals surface area contributed by atoms with Crippen LogP contribution in [0.1, 0.15) is 31.7 Å². The smallest absolute Gasteiger partial charge is 0.317 e. The van der Waals surface area contributed by atoms with Gasteiger partial charge in [-0.05, 0) is 31.7 Å². The Labute approximate surface area is 164 Å². The number of carbonyl (C=O) groups is 1. The molecule has 3 heterocycles. The molecule has 1 N–H and O–H groups in total. The quantitative estimate of drug-likeness (QED) is 0.885. The van der Waals surface area contributed by atoms with Crippen LogP contribution in [0.2, 0.25) is 0 Å². The maximum absolute atomic E-state index is 12.5. The largest absolute Gasteiger partial charge is 0.381 e. The molecule has 0 radical (unpaired) electrons. The highest BCUT2D eigenvalue weighted by Gasteiger charge is 2.27. The average molecular weight is 382 g/mol. The second-order valence-electron chi connectivity index (χ2n) is 7.42. The predicted molar refractivity (Wildman–Crippen MR) is 106 cm³/mol. The van der Waals surface area contributed by atoms with Gasteiger partial charge in [0.15, 0.2) is 0 Å². The molecule has 2 saturated heterocycles. The molecule has 0 spiro atoms. The van der Waals surface area contributed by atoms with E-state index in [9.17, 15) is 9.59 Å². The number of urea groups is 1. The fourth-order valence-electron chi connectivity index (χ4n) is 3.87. The van der Waals surface area contributed by atoms with Crippen molar-refractivity contribution in [3.8, 4) is 11.3 Å². The number of hydrogen-bond donors (Lipinski definition) is 1. The Bertz CT molecular complexity index is 853. The highest BCUT2D eigenvalue weighted by molar-refractivity contribution is 5.74. The zero-order valence-electron chi connectivity index (χ0n) is 15.9. The minimum Gasteiger partial charge on any atom is -0.381 e. The lowest BCUT2D eigenvalue weighted by molar-refractivity contribution is 0.0771. The van der Waals surface area contributed by atoms with E-state index in [0.717, 1.165) is 36.9 Å². The molecule has 1 aromatic carbocycles. The van der Waals surface area contributed by atoms with Crippen molar-refractivity contribution < 1.29 is 9.53 Å². The summed E-state index contributed by atoms with van der Waals surface area (Å²) in [5, 5.41) is 7.71. The van der Waals surface area contributed by atoms with Crippen LogP contribution < -0.4 is 10.9 Å². The van der Waals surface area contributed by atoms with Gasteiger partial charge in [0.1, 0.15) is 0 Å². The molecular formula is C21H26N4O3. The molecule has 2 aliphatic rings. The first-order valence-corrected chi connectivity index (χ1v) is 9.99. The number of rotatable bonds is 3. The highest BCUT2D eigenvalue weighted by atomic mass is 16.5. The lowest BCUT2D eigenvalue weighted by Gasteiger charge is -2.34. The molecule has 148 valence electrons. The van der Waals surface area contributed by atoms with Crippen molar-refractivity contribution >= 4 is 6.03 Å². The van der Waals surface area contributed by atoms with Crippen molar-refractivity contribution in [2.75, 3.05) is 26.3 Å². The van der Waals surface area contributed by atoms with E-state index >= 15 is 0 Å². The number of aromatic nitrogens is 2. The van der Waals surface area contributed by atoms with Gasteiger partial charge in [0.2, 0.25) is 0 Å². The van der Waals surface area contributed by atoms with Gasteiger partial charge in [-0.1, -0.05) is 30.3 Å². The third-order valence-corrected chi connectivity index (χ3v) is 5.54. The minimum atomic E-state index is -0.0928. The first kappa shape index (κ1) is 18.7. The summed E-state index contributed by atoms with van der Waals surface area (Å²) in [5.74, 6) is 0. The van der Waals surface area contributed by atoms with E-state index < -0.39 is 0 Å². The van der Waals surface area contributed by atoms with Crippen LogP contribution in [-0.4, -0.2) is 53.1 Å². The number of benzene rings is 1. The van der Waals surface area contributed by atoms with Gasteiger partial charge >= 0.3 is 6.03 Å². The van der Waals surface area contributed by atoms with Crippen molar-refractivity contribution in [3.63, 3.8) is 0 Å². The van der Waals surface area contributed by atoms with E-state index in [1.807, 2.05) is 35.2 Å². The summed E-state index contributed by atoms with van der Waals surface area (Å²) >= 11 is 0. The van der Waals surface area contributed by atoms with Gasteiger partial charge < -0.3 is 15.0 Å². The summed E-state index contributed by atoms with van der Waals surface area (Å²) in [5.41, 5.74) is 1.69. The molecule has 7 heteroatoms. The summed E-state index contributed by atoms with van der Waals surface area (Å²) in [6.07, 6.45) is 3.19. The summed E-state index contributed by atoms with van der Waals surface area (Å²) in [6.45, 7) is 2.67. The molecule has 0 saturated carbocycles. The minimum absolute atomic E-state index is 0.0105. The molecule has 7 nitrogen and oxygen atoms in total. The van der Waals surface area contributed by atoms with Crippen LogP contribution in [-0.2, 0) is 4.74 Å². The first-order valence-electron chi connectivity index (χ1n) is 9.99. The summed E-state index contributed by atoms with van der Waals surface area (Å²) in [4.78, 5) is 26.7. The number of hydrogen-bond acceptors (Lipinski definition) is 4. The predicted octanol–water partition coefficient (Wildman–Crippen LogP) is 2.44. The molecule has 1 aromatic heterocycles. The Morgan fingerprint density at radius 2 is 1.71 bits per heavy atom. The van der Waals surface area contributed by atoms with Crippen LogP contribution in [0, 0.1) is 0 Å². The van der Waals surface area contributed by atoms with Crippen molar-refractivity contribution in [1.29, 1.82) is 0 Å². The molecule has 0 bridgehead atoms. The molecule has 28 heavy (non-hydrogen) atoms. The van der Waals surface area contributed by atoms with Crippen molar-refractivity contribution in [1.82, 2.24) is 20.0 Å². The van der Waals surface area contributed by atoms with Gasteiger partial charge in [0.25, 0.3) is 5.56 Å². The highest BCUT2D eigenvalue weighted by Crippen LogP contribution is 2.22. The van der Waals surface area contributed by atoms with Crippen molar-refractivity contribution in [3.05, 3.63) is 52.8 Å². The number of piperidine rings is 1. The van der Waals surface area contributed by atoms with E-state index in [2.05, 4.69) is 10.4 Å². The van der Waals surface area contributed by atoms with Crippen molar-refractivity contribution in [2.24, 2.45) is 0 Å². The maximum atomic E-state index is 12.5. The van der Waals surface area contributed by atoms with Crippen LogP contribution in [0.5, 0.6) is 0 Å². The first-order chi connectivity index (χ1) is 13.7. The van der Waals surface area contributed by atoms with Gasteiger partial charge in [-0.3, -0.25) is 4.79 Å². The molecule has 2 amide bonds. The molecular weight excluding hydrogens is 356 g/mol. The Kier molecular flexibility index (Phi) is 5.71. The monoisotopic (exact) mass is 382 g/mol. The lowest BCUT2D eigenvalue weighted by atomic mass is 10.1. The Balaban J connectivity index is 1.39. The lowest BCUT2D eigenvalue weighted by Crippen LogP contribution is -2.49. The number of ether oxygens (including phenoxy) is 1.